The lowest BCUT2D eigenvalue weighted by Gasteiger charge is -2.37. The Morgan fingerprint density at radius 1 is 1.00 bits per heavy atom. The van der Waals surface area contributed by atoms with Crippen LogP contribution in [0, 0.1) is 5.92 Å². The molecule has 0 atom stereocenters. The molecule has 8 nitrogen and oxygen atoms in total. The summed E-state index contributed by atoms with van der Waals surface area (Å²) in [6.07, 6.45) is 6.92. The molecule has 3 heterocycles. The Labute approximate surface area is 167 Å². The maximum atomic E-state index is 12.6. The SMILES string of the molecule is CCC(CC)C(=O)N1CCC(NC(=O)N2CCN(c3ncccn3)CC2)CC1. The van der Waals surface area contributed by atoms with E-state index in [-0.39, 0.29) is 23.9 Å². The summed E-state index contributed by atoms with van der Waals surface area (Å²) in [5.41, 5.74) is 0. The molecule has 0 aliphatic carbocycles. The number of piperidine rings is 1. The monoisotopic (exact) mass is 388 g/mol. The summed E-state index contributed by atoms with van der Waals surface area (Å²) in [6.45, 7) is 8.41. The Balaban J connectivity index is 1.41. The highest BCUT2D eigenvalue weighted by Crippen LogP contribution is 2.18. The van der Waals surface area contributed by atoms with Crippen molar-refractivity contribution in [3.8, 4) is 0 Å². The Bertz CT molecular complexity index is 635. The van der Waals surface area contributed by atoms with Crippen molar-refractivity contribution < 1.29 is 9.59 Å². The fourth-order valence-electron chi connectivity index (χ4n) is 3.97. The van der Waals surface area contributed by atoms with Gasteiger partial charge in [0.25, 0.3) is 0 Å². The van der Waals surface area contributed by atoms with Crippen molar-refractivity contribution in [1.82, 2.24) is 25.1 Å². The van der Waals surface area contributed by atoms with Crippen LogP contribution >= 0.6 is 0 Å². The number of carbonyl (C=O) groups excluding carboxylic acids is 2. The zero-order chi connectivity index (χ0) is 19.9. The molecule has 8 heteroatoms. The second-order valence-electron chi connectivity index (χ2n) is 7.59. The summed E-state index contributed by atoms with van der Waals surface area (Å²) in [6, 6.07) is 1.95. The van der Waals surface area contributed by atoms with Crippen LogP contribution in [0.25, 0.3) is 0 Å². The van der Waals surface area contributed by atoms with Gasteiger partial charge < -0.3 is 20.0 Å². The van der Waals surface area contributed by atoms with Gasteiger partial charge in [-0.1, -0.05) is 13.8 Å². The number of anilines is 1. The number of rotatable bonds is 5. The standard InChI is InChI=1S/C20H32N6O2/c1-3-16(4-2)18(27)24-10-6-17(7-11-24)23-20(28)26-14-12-25(13-15-26)19-21-8-5-9-22-19/h5,8-9,16-17H,3-4,6-7,10-15H2,1-2H3,(H,23,28). The van der Waals surface area contributed by atoms with E-state index in [1.54, 1.807) is 18.5 Å². The number of amides is 3. The van der Waals surface area contributed by atoms with E-state index < -0.39 is 0 Å². The number of piperazine rings is 1. The number of likely N-dealkylation sites (tertiary alicyclic amines) is 1. The van der Waals surface area contributed by atoms with Gasteiger partial charge >= 0.3 is 6.03 Å². The van der Waals surface area contributed by atoms with Gasteiger partial charge in [0.15, 0.2) is 0 Å². The molecule has 3 amide bonds. The first kappa shape index (κ1) is 20.4. The molecule has 0 bridgehead atoms. The van der Waals surface area contributed by atoms with Crippen molar-refractivity contribution >= 4 is 17.9 Å². The molecule has 1 N–H and O–H groups in total. The molecule has 2 aliphatic heterocycles. The molecule has 0 saturated carbocycles. The molecule has 0 aromatic carbocycles. The highest BCUT2D eigenvalue weighted by atomic mass is 16.2. The van der Waals surface area contributed by atoms with E-state index in [2.05, 4.69) is 34.0 Å². The number of carbonyl (C=O) groups is 2. The number of nitrogens with one attached hydrogen (secondary N) is 1. The van der Waals surface area contributed by atoms with Crippen LogP contribution in [-0.4, -0.2) is 77.0 Å². The predicted octanol–water partition coefficient (Wildman–Crippen LogP) is 1.74. The molecule has 0 radical (unpaired) electrons. The lowest BCUT2D eigenvalue weighted by Crippen LogP contribution is -2.55. The molecule has 154 valence electrons. The zero-order valence-electron chi connectivity index (χ0n) is 17.0. The third kappa shape index (κ3) is 4.91. The molecule has 2 aliphatic rings. The van der Waals surface area contributed by atoms with E-state index in [4.69, 9.17) is 0 Å². The maximum absolute atomic E-state index is 12.6. The van der Waals surface area contributed by atoms with Gasteiger partial charge in [-0.05, 0) is 31.7 Å². The minimum absolute atomic E-state index is 0.00148. The number of hydrogen-bond acceptors (Lipinski definition) is 5. The molecule has 0 spiro atoms. The third-order valence-corrected chi connectivity index (χ3v) is 5.87. The lowest BCUT2D eigenvalue weighted by molar-refractivity contribution is -0.136. The fraction of sp³-hybridized carbons (Fsp3) is 0.700. The first-order valence-electron chi connectivity index (χ1n) is 10.5. The zero-order valence-corrected chi connectivity index (χ0v) is 17.0. The molecule has 28 heavy (non-hydrogen) atoms. The van der Waals surface area contributed by atoms with Crippen LogP contribution in [0.4, 0.5) is 10.7 Å². The smallest absolute Gasteiger partial charge is 0.317 e. The Morgan fingerprint density at radius 3 is 2.18 bits per heavy atom. The van der Waals surface area contributed by atoms with Gasteiger partial charge in [-0.2, -0.15) is 0 Å². The average molecular weight is 389 g/mol. The molecule has 2 saturated heterocycles. The normalized spacial score (nSPS) is 18.5. The highest BCUT2D eigenvalue weighted by molar-refractivity contribution is 5.79. The fourth-order valence-corrected chi connectivity index (χ4v) is 3.97. The second kappa shape index (κ2) is 9.71. The van der Waals surface area contributed by atoms with E-state index in [0.717, 1.165) is 57.8 Å². The van der Waals surface area contributed by atoms with Gasteiger partial charge in [0, 0.05) is 63.6 Å². The van der Waals surface area contributed by atoms with Crippen molar-refractivity contribution in [3.05, 3.63) is 18.5 Å². The topological polar surface area (TPSA) is 81.7 Å². The van der Waals surface area contributed by atoms with Crippen LogP contribution in [0.2, 0.25) is 0 Å². The molecule has 1 aromatic rings. The van der Waals surface area contributed by atoms with Crippen LogP contribution in [0.1, 0.15) is 39.5 Å². The van der Waals surface area contributed by atoms with Crippen LogP contribution in [0.15, 0.2) is 18.5 Å². The lowest BCUT2D eigenvalue weighted by atomic mass is 9.98. The van der Waals surface area contributed by atoms with Crippen LogP contribution in [-0.2, 0) is 4.79 Å². The van der Waals surface area contributed by atoms with Gasteiger partial charge in [-0.25, -0.2) is 14.8 Å². The summed E-state index contributed by atoms with van der Waals surface area (Å²) in [5, 5.41) is 3.16. The van der Waals surface area contributed by atoms with Crippen molar-refractivity contribution in [3.63, 3.8) is 0 Å². The molecular weight excluding hydrogens is 356 g/mol. The number of hydrogen-bond donors (Lipinski definition) is 1. The molecule has 1 aromatic heterocycles. The Morgan fingerprint density at radius 2 is 1.61 bits per heavy atom. The summed E-state index contributed by atoms with van der Waals surface area (Å²) in [4.78, 5) is 39.6. The van der Waals surface area contributed by atoms with E-state index >= 15 is 0 Å². The number of nitrogens with zero attached hydrogens (tertiary/aromatic N) is 5. The quantitative estimate of drug-likeness (QED) is 0.831. The molecular formula is C20H32N6O2. The van der Waals surface area contributed by atoms with Gasteiger partial charge in [0.1, 0.15) is 0 Å². The summed E-state index contributed by atoms with van der Waals surface area (Å²) in [7, 11) is 0. The minimum atomic E-state index is -0.00148. The van der Waals surface area contributed by atoms with E-state index in [9.17, 15) is 9.59 Å². The van der Waals surface area contributed by atoms with Gasteiger partial charge in [-0.3, -0.25) is 4.79 Å². The summed E-state index contributed by atoms with van der Waals surface area (Å²) in [5.74, 6) is 1.13. The van der Waals surface area contributed by atoms with Gasteiger partial charge in [0.05, 0.1) is 0 Å². The largest absolute Gasteiger partial charge is 0.342 e. The van der Waals surface area contributed by atoms with Crippen molar-refractivity contribution in [2.45, 2.75) is 45.6 Å². The Kier molecular flexibility index (Phi) is 7.06. The molecule has 0 unspecified atom stereocenters. The molecule has 3 rings (SSSR count). The predicted molar refractivity (Wildman–Crippen MR) is 108 cm³/mol. The highest BCUT2D eigenvalue weighted by Gasteiger charge is 2.29. The first-order valence-corrected chi connectivity index (χ1v) is 10.5. The summed E-state index contributed by atoms with van der Waals surface area (Å²) >= 11 is 0. The van der Waals surface area contributed by atoms with Gasteiger partial charge in [0.2, 0.25) is 11.9 Å². The minimum Gasteiger partial charge on any atom is -0.342 e. The summed E-state index contributed by atoms with van der Waals surface area (Å²) < 4.78 is 0. The van der Waals surface area contributed by atoms with Crippen LogP contribution < -0.4 is 10.2 Å². The number of aromatic nitrogens is 2. The molecule has 2 fully saturated rings. The van der Waals surface area contributed by atoms with E-state index in [1.165, 1.54) is 0 Å². The maximum Gasteiger partial charge on any atom is 0.317 e. The second-order valence-corrected chi connectivity index (χ2v) is 7.59. The van der Waals surface area contributed by atoms with Gasteiger partial charge in [-0.15, -0.1) is 0 Å². The third-order valence-electron chi connectivity index (χ3n) is 5.87. The van der Waals surface area contributed by atoms with Crippen LogP contribution in [0.3, 0.4) is 0 Å². The van der Waals surface area contributed by atoms with Crippen LogP contribution in [0.5, 0.6) is 0 Å². The van der Waals surface area contributed by atoms with E-state index in [1.807, 2.05) is 9.80 Å². The van der Waals surface area contributed by atoms with Crippen molar-refractivity contribution in [1.29, 1.82) is 0 Å². The number of urea groups is 1. The average Bonchev–Trinajstić information content (AvgIpc) is 2.76. The first-order chi connectivity index (χ1) is 13.6. The van der Waals surface area contributed by atoms with E-state index in [0.29, 0.717) is 13.1 Å². The van der Waals surface area contributed by atoms with Crippen molar-refractivity contribution in [2.75, 3.05) is 44.2 Å². The van der Waals surface area contributed by atoms with Crippen molar-refractivity contribution in [2.24, 2.45) is 5.92 Å². The Hall–Kier alpha value is -2.38.